The standard InChI is InChI=1S/C29H34N2O5S/c1-19(2)20-12-14-24(15-13-20)37(35,36)30-18-23(32)17-26(21-8-4-3-5-9-21)29(34)31-28-25-11-7-6-10-22(25)16-27(28)33/h3-15,19,23,26-28,30,32-33H,16-18H2,1-2H3,(H,31,34)/t23-,26-,27+,28-/m0/s1. The van der Waals surface area contributed by atoms with E-state index in [1.807, 2.05) is 56.3 Å². The van der Waals surface area contributed by atoms with Crippen LogP contribution in [0.5, 0.6) is 0 Å². The van der Waals surface area contributed by atoms with Gasteiger partial charge in [0.15, 0.2) is 0 Å². The van der Waals surface area contributed by atoms with E-state index in [0.717, 1.165) is 16.7 Å². The van der Waals surface area contributed by atoms with Crippen LogP contribution < -0.4 is 10.0 Å². The van der Waals surface area contributed by atoms with Crippen LogP contribution in [0.15, 0.2) is 83.8 Å². The molecule has 4 rings (SSSR count). The zero-order valence-corrected chi connectivity index (χ0v) is 21.9. The third-order valence-electron chi connectivity index (χ3n) is 6.89. The molecule has 3 aromatic carbocycles. The molecule has 196 valence electrons. The van der Waals surface area contributed by atoms with Crippen molar-refractivity contribution in [3.63, 3.8) is 0 Å². The van der Waals surface area contributed by atoms with Crippen LogP contribution in [0.4, 0.5) is 0 Å². The molecule has 0 saturated carbocycles. The van der Waals surface area contributed by atoms with E-state index in [1.165, 1.54) is 0 Å². The molecule has 4 N–H and O–H groups in total. The summed E-state index contributed by atoms with van der Waals surface area (Å²) in [6.07, 6.45) is -1.38. The Bertz CT molecular complexity index is 1310. The fourth-order valence-electron chi connectivity index (χ4n) is 4.76. The molecule has 0 aliphatic heterocycles. The molecule has 0 bridgehead atoms. The van der Waals surface area contributed by atoms with Gasteiger partial charge in [-0.25, -0.2) is 13.1 Å². The van der Waals surface area contributed by atoms with E-state index in [-0.39, 0.29) is 29.7 Å². The van der Waals surface area contributed by atoms with E-state index in [1.54, 1.807) is 36.4 Å². The number of aliphatic hydroxyl groups is 2. The SMILES string of the molecule is CC(C)c1ccc(S(=O)(=O)NC[C@@H](O)C[C@H](C(=O)N[C@H]2c3ccccc3C[C@H]2O)c2ccccc2)cc1. The fourth-order valence-corrected chi connectivity index (χ4v) is 5.83. The molecule has 0 unspecified atom stereocenters. The lowest BCUT2D eigenvalue weighted by atomic mass is 9.91. The molecule has 3 aromatic rings. The molecule has 0 radical (unpaired) electrons. The highest BCUT2D eigenvalue weighted by atomic mass is 32.2. The Hall–Kier alpha value is -3.04. The first-order valence-electron chi connectivity index (χ1n) is 12.5. The van der Waals surface area contributed by atoms with Crippen LogP contribution in [0, 0.1) is 0 Å². The number of rotatable bonds is 10. The van der Waals surface area contributed by atoms with E-state index in [4.69, 9.17) is 0 Å². The van der Waals surface area contributed by atoms with Crippen LogP contribution in [0.3, 0.4) is 0 Å². The zero-order valence-electron chi connectivity index (χ0n) is 21.0. The van der Waals surface area contributed by atoms with Gasteiger partial charge in [0, 0.05) is 13.0 Å². The maximum atomic E-state index is 13.4. The van der Waals surface area contributed by atoms with Gasteiger partial charge in [-0.2, -0.15) is 0 Å². The largest absolute Gasteiger partial charge is 0.392 e. The highest BCUT2D eigenvalue weighted by Crippen LogP contribution is 2.32. The Balaban J connectivity index is 1.45. The second kappa shape index (κ2) is 11.6. The molecule has 7 nitrogen and oxygen atoms in total. The highest BCUT2D eigenvalue weighted by molar-refractivity contribution is 7.89. The van der Waals surface area contributed by atoms with E-state index in [2.05, 4.69) is 10.0 Å². The van der Waals surface area contributed by atoms with Gasteiger partial charge in [-0.05, 0) is 46.7 Å². The molecule has 0 aromatic heterocycles. The van der Waals surface area contributed by atoms with Gasteiger partial charge in [0.2, 0.25) is 15.9 Å². The Morgan fingerprint density at radius 1 is 0.946 bits per heavy atom. The number of nitrogens with one attached hydrogen (secondary N) is 2. The van der Waals surface area contributed by atoms with Crippen molar-refractivity contribution in [2.24, 2.45) is 0 Å². The number of carbonyl (C=O) groups is 1. The summed E-state index contributed by atoms with van der Waals surface area (Å²) >= 11 is 0. The van der Waals surface area contributed by atoms with Crippen LogP contribution >= 0.6 is 0 Å². The van der Waals surface area contributed by atoms with Crippen molar-refractivity contribution < 1.29 is 23.4 Å². The van der Waals surface area contributed by atoms with Crippen molar-refractivity contribution in [3.8, 4) is 0 Å². The van der Waals surface area contributed by atoms with Crippen molar-refractivity contribution in [1.29, 1.82) is 0 Å². The second-order valence-corrected chi connectivity index (χ2v) is 11.7. The third kappa shape index (κ3) is 6.45. The predicted molar refractivity (Wildman–Crippen MR) is 143 cm³/mol. The number of sulfonamides is 1. The van der Waals surface area contributed by atoms with E-state index >= 15 is 0 Å². The highest BCUT2D eigenvalue weighted by Gasteiger charge is 2.34. The number of benzene rings is 3. The number of hydrogen-bond donors (Lipinski definition) is 4. The lowest BCUT2D eigenvalue weighted by Gasteiger charge is -2.24. The minimum atomic E-state index is -3.82. The average Bonchev–Trinajstić information content (AvgIpc) is 3.21. The van der Waals surface area contributed by atoms with Gasteiger partial charge < -0.3 is 15.5 Å². The lowest BCUT2D eigenvalue weighted by Crippen LogP contribution is -2.39. The molecule has 1 amide bonds. The molecule has 1 aliphatic rings. The van der Waals surface area contributed by atoms with Crippen molar-refractivity contribution in [1.82, 2.24) is 10.0 Å². The van der Waals surface area contributed by atoms with Crippen molar-refractivity contribution in [2.45, 2.75) is 61.7 Å². The van der Waals surface area contributed by atoms with Gasteiger partial charge in [0.1, 0.15) is 0 Å². The van der Waals surface area contributed by atoms with Gasteiger partial charge in [0.25, 0.3) is 0 Å². The zero-order chi connectivity index (χ0) is 26.6. The first-order chi connectivity index (χ1) is 17.7. The Morgan fingerprint density at radius 2 is 1.59 bits per heavy atom. The van der Waals surface area contributed by atoms with Gasteiger partial charge in [0.05, 0.1) is 29.1 Å². The molecule has 1 aliphatic carbocycles. The summed E-state index contributed by atoms with van der Waals surface area (Å²) in [4.78, 5) is 13.5. The van der Waals surface area contributed by atoms with Crippen LogP contribution in [0.1, 0.15) is 60.4 Å². The van der Waals surface area contributed by atoms with Crippen LogP contribution in [-0.2, 0) is 21.2 Å². The van der Waals surface area contributed by atoms with Crippen molar-refractivity contribution in [3.05, 3.63) is 101 Å². The maximum Gasteiger partial charge on any atom is 0.240 e. The van der Waals surface area contributed by atoms with Crippen molar-refractivity contribution >= 4 is 15.9 Å². The maximum absolute atomic E-state index is 13.4. The molecule has 0 heterocycles. The normalized spacial score (nSPS) is 18.8. The predicted octanol–water partition coefficient (Wildman–Crippen LogP) is 3.40. The van der Waals surface area contributed by atoms with Crippen molar-refractivity contribution in [2.75, 3.05) is 6.54 Å². The number of aliphatic hydroxyl groups excluding tert-OH is 2. The van der Waals surface area contributed by atoms with Gasteiger partial charge in [-0.15, -0.1) is 0 Å². The molecule has 37 heavy (non-hydrogen) atoms. The minimum Gasteiger partial charge on any atom is -0.392 e. The minimum absolute atomic E-state index is 0.00904. The average molecular weight is 523 g/mol. The lowest BCUT2D eigenvalue weighted by molar-refractivity contribution is -0.124. The molecule has 4 atom stereocenters. The van der Waals surface area contributed by atoms with Gasteiger partial charge in [-0.1, -0.05) is 80.6 Å². The van der Waals surface area contributed by atoms with Gasteiger partial charge >= 0.3 is 0 Å². The molecule has 8 heteroatoms. The quantitative estimate of drug-likeness (QED) is 0.326. The number of amides is 1. The van der Waals surface area contributed by atoms with Gasteiger partial charge in [-0.3, -0.25) is 4.79 Å². The first kappa shape index (κ1) is 27.0. The summed E-state index contributed by atoms with van der Waals surface area (Å²) in [6, 6.07) is 22.8. The Morgan fingerprint density at radius 3 is 2.27 bits per heavy atom. The topological polar surface area (TPSA) is 116 Å². The molecule has 0 fully saturated rings. The summed E-state index contributed by atoms with van der Waals surface area (Å²) in [5.74, 6) is -0.782. The second-order valence-electron chi connectivity index (χ2n) is 9.88. The molecular weight excluding hydrogens is 488 g/mol. The smallest absolute Gasteiger partial charge is 0.240 e. The Kier molecular flexibility index (Phi) is 8.44. The Labute approximate surface area is 218 Å². The fraction of sp³-hybridized carbons (Fsp3) is 0.345. The monoisotopic (exact) mass is 522 g/mol. The summed E-state index contributed by atoms with van der Waals surface area (Å²) in [6.45, 7) is 3.83. The molecule has 0 saturated heterocycles. The van der Waals surface area contributed by atoms with E-state index in [9.17, 15) is 23.4 Å². The molecule has 0 spiro atoms. The van der Waals surface area contributed by atoms with Crippen LogP contribution in [0.2, 0.25) is 0 Å². The number of fused-ring (bicyclic) bond motifs is 1. The summed E-state index contributed by atoms with van der Waals surface area (Å²) in [5, 5.41) is 24.3. The van der Waals surface area contributed by atoms with E-state index < -0.39 is 34.2 Å². The van der Waals surface area contributed by atoms with E-state index in [0.29, 0.717) is 12.0 Å². The third-order valence-corrected chi connectivity index (χ3v) is 8.33. The number of carbonyl (C=O) groups excluding carboxylic acids is 1. The first-order valence-corrected chi connectivity index (χ1v) is 14.0. The molecular formula is C29H34N2O5S. The summed E-state index contributed by atoms with van der Waals surface area (Å²) in [5.41, 5.74) is 3.61. The van der Waals surface area contributed by atoms with Crippen LogP contribution in [-0.4, -0.2) is 43.3 Å². The number of hydrogen-bond acceptors (Lipinski definition) is 5. The van der Waals surface area contributed by atoms with Crippen LogP contribution in [0.25, 0.3) is 0 Å². The summed E-state index contributed by atoms with van der Waals surface area (Å²) < 4.78 is 28.0. The summed E-state index contributed by atoms with van der Waals surface area (Å²) in [7, 11) is -3.82.